The molecule has 22 heavy (non-hydrogen) atoms. The molecule has 4 nitrogen and oxygen atoms in total. The Morgan fingerprint density at radius 3 is 2.91 bits per heavy atom. The number of hydrogen-bond acceptors (Lipinski definition) is 4. The third kappa shape index (κ3) is 3.05. The van der Waals surface area contributed by atoms with Gasteiger partial charge < -0.3 is 15.2 Å². The number of anilines is 1. The zero-order chi connectivity index (χ0) is 15.6. The van der Waals surface area contributed by atoms with E-state index < -0.39 is 0 Å². The Hall–Kier alpha value is -1.36. The average molecular weight is 321 g/mol. The molecule has 5 heteroatoms. The highest BCUT2D eigenvalue weighted by Crippen LogP contribution is 2.32. The van der Waals surface area contributed by atoms with Crippen molar-refractivity contribution in [1.29, 1.82) is 0 Å². The minimum absolute atomic E-state index is 0.00870. The van der Waals surface area contributed by atoms with Crippen LogP contribution in [0, 0.1) is 12.3 Å². The molecule has 1 atom stereocenters. The number of hydrogen-bond donors (Lipinski definition) is 2. The van der Waals surface area contributed by atoms with Gasteiger partial charge in [0.05, 0.1) is 12.1 Å². The highest BCUT2D eigenvalue weighted by Gasteiger charge is 2.34. The van der Waals surface area contributed by atoms with Crippen LogP contribution in [0.5, 0.6) is 0 Å². The van der Waals surface area contributed by atoms with Gasteiger partial charge in [0, 0.05) is 35.6 Å². The Labute approximate surface area is 135 Å². The summed E-state index contributed by atoms with van der Waals surface area (Å²) in [6.07, 6.45) is 1.72. The number of ether oxygens (including phenoxy) is 1. The number of aliphatic hydroxyl groups is 1. The summed E-state index contributed by atoms with van der Waals surface area (Å²) in [5.41, 5.74) is 1.93. The van der Waals surface area contributed by atoms with Crippen LogP contribution in [0.1, 0.15) is 18.4 Å². The van der Waals surface area contributed by atoms with E-state index >= 15 is 0 Å². The van der Waals surface area contributed by atoms with Crippen LogP contribution < -0.4 is 5.32 Å². The highest BCUT2D eigenvalue weighted by atomic mass is 35.5. The molecule has 0 amide bonds. The predicted octanol–water partition coefficient (Wildman–Crippen LogP) is 3.40. The second-order valence-electron chi connectivity index (χ2n) is 6.07. The first-order chi connectivity index (χ1) is 10.6. The van der Waals surface area contributed by atoms with Gasteiger partial charge in [0.2, 0.25) is 0 Å². The van der Waals surface area contributed by atoms with Crippen molar-refractivity contribution in [3.8, 4) is 0 Å². The molecule has 1 fully saturated rings. The van der Waals surface area contributed by atoms with Crippen molar-refractivity contribution in [1.82, 2.24) is 4.98 Å². The summed E-state index contributed by atoms with van der Waals surface area (Å²) in [4.78, 5) is 4.69. The zero-order valence-electron chi connectivity index (χ0n) is 12.7. The van der Waals surface area contributed by atoms with E-state index in [-0.39, 0.29) is 12.0 Å². The molecule has 0 radical (unpaired) electrons. The first kappa shape index (κ1) is 15.5. The summed E-state index contributed by atoms with van der Waals surface area (Å²) in [6.45, 7) is 4.39. The van der Waals surface area contributed by atoms with E-state index in [0.717, 1.165) is 53.3 Å². The molecule has 1 aromatic carbocycles. The average Bonchev–Trinajstić information content (AvgIpc) is 2.99. The molecule has 1 aromatic heterocycles. The summed E-state index contributed by atoms with van der Waals surface area (Å²) in [5.74, 6) is 0.835. The van der Waals surface area contributed by atoms with E-state index in [1.54, 1.807) is 0 Å². The van der Waals surface area contributed by atoms with E-state index in [1.165, 1.54) is 0 Å². The first-order valence-electron chi connectivity index (χ1n) is 7.62. The number of pyridine rings is 1. The smallest absolute Gasteiger partial charge is 0.126 e. The van der Waals surface area contributed by atoms with E-state index in [4.69, 9.17) is 16.3 Å². The monoisotopic (exact) mass is 320 g/mol. The number of aryl methyl sites for hydroxylation is 1. The van der Waals surface area contributed by atoms with Crippen molar-refractivity contribution in [3.63, 3.8) is 0 Å². The van der Waals surface area contributed by atoms with Gasteiger partial charge in [-0.1, -0.05) is 17.7 Å². The van der Waals surface area contributed by atoms with Gasteiger partial charge >= 0.3 is 0 Å². The van der Waals surface area contributed by atoms with Gasteiger partial charge in [-0.15, -0.1) is 0 Å². The molecule has 0 bridgehead atoms. The van der Waals surface area contributed by atoms with Crippen molar-refractivity contribution < 1.29 is 9.84 Å². The zero-order valence-corrected chi connectivity index (χ0v) is 13.5. The Morgan fingerprint density at radius 2 is 2.18 bits per heavy atom. The number of benzene rings is 1. The molecule has 1 aliphatic heterocycles. The van der Waals surface area contributed by atoms with Crippen molar-refractivity contribution in [3.05, 3.63) is 34.9 Å². The van der Waals surface area contributed by atoms with Gasteiger partial charge in [-0.05, 0) is 43.5 Å². The topological polar surface area (TPSA) is 54.4 Å². The molecule has 0 saturated carbocycles. The van der Waals surface area contributed by atoms with E-state index in [9.17, 15) is 5.11 Å². The molecule has 3 rings (SSSR count). The van der Waals surface area contributed by atoms with E-state index in [2.05, 4.69) is 16.4 Å². The number of aliphatic hydroxyl groups excluding tert-OH is 1. The van der Waals surface area contributed by atoms with Crippen LogP contribution >= 0.6 is 11.6 Å². The highest BCUT2D eigenvalue weighted by molar-refractivity contribution is 6.32. The summed E-state index contributed by atoms with van der Waals surface area (Å²) >= 11 is 6.18. The van der Waals surface area contributed by atoms with Crippen LogP contribution in [0.25, 0.3) is 10.9 Å². The molecule has 0 aliphatic carbocycles. The molecule has 1 saturated heterocycles. The first-order valence-corrected chi connectivity index (χ1v) is 8.00. The van der Waals surface area contributed by atoms with E-state index in [1.807, 2.05) is 25.1 Å². The maximum Gasteiger partial charge on any atom is 0.126 e. The van der Waals surface area contributed by atoms with Gasteiger partial charge in [-0.2, -0.15) is 0 Å². The molecular formula is C17H21ClN2O2. The van der Waals surface area contributed by atoms with Crippen LogP contribution in [0.15, 0.2) is 24.3 Å². The largest absolute Gasteiger partial charge is 0.396 e. The van der Waals surface area contributed by atoms with Crippen LogP contribution in [0.4, 0.5) is 5.82 Å². The fourth-order valence-corrected chi connectivity index (χ4v) is 3.15. The SMILES string of the molecule is Cc1c(Cl)ccc2ccc(NCC3(CCO)CCOC3)nc12. The summed E-state index contributed by atoms with van der Waals surface area (Å²) in [6, 6.07) is 7.93. The Balaban J connectivity index is 1.80. The molecule has 2 heterocycles. The molecule has 1 aliphatic rings. The number of aromatic nitrogens is 1. The number of rotatable bonds is 5. The number of halogens is 1. The fraction of sp³-hybridized carbons (Fsp3) is 0.471. The van der Waals surface area contributed by atoms with Gasteiger partial charge in [0.15, 0.2) is 0 Å². The predicted molar refractivity (Wildman–Crippen MR) is 89.6 cm³/mol. The third-order valence-corrected chi connectivity index (χ3v) is 4.93. The summed E-state index contributed by atoms with van der Waals surface area (Å²) in [7, 11) is 0. The lowest BCUT2D eigenvalue weighted by Crippen LogP contribution is -2.31. The lowest BCUT2D eigenvalue weighted by atomic mass is 9.84. The van der Waals surface area contributed by atoms with Crippen LogP contribution in [0.2, 0.25) is 5.02 Å². The number of nitrogens with zero attached hydrogens (tertiary/aromatic N) is 1. The molecule has 118 valence electrons. The maximum atomic E-state index is 9.28. The molecule has 1 unspecified atom stereocenters. The van der Waals surface area contributed by atoms with Crippen molar-refractivity contribution in [2.75, 3.05) is 31.7 Å². The Morgan fingerprint density at radius 1 is 1.36 bits per heavy atom. The van der Waals surface area contributed by atoms with Crippen molar-refractivity contribution >= 4 is 28.3 Å². The molecule has 2 N–H and O–H groups in total. The second kappa shape index (κ2) is 6.41. The Bertz CT molecular complexity index is 669. The minimum atomic E-state index is 0.00870. The van der Waals surface area contributed by atoms with Gasteiger partial charge in [0.25, 0.3) is 0 Å². The number of nitrogens with one attached hydrogen (secondary N) is 1. The van der Waals surface area contributed by atoms with Gasteiger partial charge in [-0.3, -0.25) is 0 Å². The molecule has 2 aromatic rings. The lowest BCUT2D eigenvalue weighted by Gasteiger charge is -2.27. The van der Waals surface area contributed by atoms with Crippen LogP contribution in [-0.2, 0) is 4.74 Å². The Kier molecular flexibility index (Phi) is 4.52. The van der Waals surface area contributed by atoms with Crippen LogP contribution in [-0.4, -0.2) is 36.5 Å². The van der Waals surface area contributed by atoms with Gasteiger partial charge in [0.1, 0.15) is 5.82 Å². The van der Waals surface area contributed by atoms with Crippen molar-refractivity contribution in [2.45, 2.75) is 19.8 Å². The minimum Gasteiger partial charge on any atom is -0.396 e. The summed E-state index contributed by atoms with van der Waals surface area (Å²) < 4.78 is 5.52. The molecular weight excluding hydrogens is 300 g/mol. The number of fused-ring (bicyclic) bond motifs is 1. The summed E-state index contributed by atoms with van der Waals surface area (Å²) in [5, 5.41) is 14.5. The third-order valence-electron chi connectivity index (χ3n) is 4.52. The second-order valence-corrected chi connectivity index (χ2v) is 6.48. The standard InChI is InChI=1S/C17H21ClN2O2/c1-12-14(18)4-2-13-3-5-15(20-16(12)13)19-10-17(6-8-21)7-9-22-11-17/h2-5,21H,6-11H2,1H3,(H,19,20). The maximum absolute atomic E-state index is 9.28. The quantitative estimate of drug-likeness (QED) is 0.886. The van der Waals surface area contributed by atoms with E-state index in [0.29, 0.717) is 6.61 Å². The van der Waals surface area contributed by atoms with Crippen molar-refractivity contribution in [2.24, 2.45) is 5.41 Å². The fourth-order valence-electron chi connectivity index (χ4n) is 2.99. The lowest BCUT2D eigenvalue weighted by molar-refractivity contribution is 0.133. The van der Waals surface area contributed by atoms with Gasteiger partial charge in [-0.25, -0.2) is 4.98 Å². The molecule has 0 spiro atoms. The van der Waals surface area contributed by atoms with Crippen LogP contribution in [0.3, 0.4) is 0 Å². The normalized spacial score (nSPS) is 21.4.